The molecule has 0 aliphatic heterocycles. The number of carbonyl (C=O) groups excluding carboxylic acids is 2. The quantitative estimate of drug-likeness (QED) is 0.660. The number of hydrogen-bond acceptors (Lipinski definition) is 5. The minimum atomic E-state index is -0.603. The molecule has 26 heavy (non-hydrogen) atoms. The summed E-state index contributed by atoms with van der Waals surface area (Å²) in [5, 5.41) is 8.82. The number of rotatable bonds is 6. The number of benzene rings is 2. The number of aromatic nitrogens is 2. The number of hydrogen-bond donors (Lipinski definition) is 2. The molecule has 0 aliphatic carbocycles. The molecule has 132 valence electrons. The van der Waals surface area contributed by atoms with Crippen molar-refractivity contribution in [2.45, 2.75) is 0 Å². The number of nitrogens with one attached hydrogen (secondary N) is 2. The molecule has 0 aliphatic rings. The fourth-order valence-electron chi connectivity index (χ4n) is 2.19. The molecule has 0 fully saturated rings. The van der Waals surface area contributed by atoms with Gasteiger partial charge < -0.3 is 15.2 Å². The zero-order chi connectivity index (χ0) is 18.4. The monoisotopic (exact) mass is 354 g/mol. The maximum absolute atomic E-state index is 13.7. The third-order valence-electron chi connectivity index (χ3n) is 3.47. The summed E-state index contributed by atoms with van der Waals surface area (Å²) in [6, 6.07) is 14.6. The van der Waals surface area contributed by atoms with Crippen molar-refractivity contribution in [2.75, 3.05) is 13.1 Å². The Labute approximate surface area is 148 Å². The summed E-state index contributed by atoms with van der Waals surface area (Å²) in [5.41, 5.74) is 0.677. The van der Waals surface area contributed by atoms with Crippen LogP contribution in [0.15, 0.2) is 59.1 Å². The molecule has 2 N–H and O–H groups in total. The lowest BCUT2D eigenvalue weighted by Gasteiger charge is -2.05. The van der Waals surface area contributed by atoms with Crippen LogP contribution < -0.4 is 10.6 Å². The van der Waals surface area contributed by atoms with Gasteiger partial charge in [0.25, 0.3) is 5.91 Å². The summed E-state index contributed by atoms with van der Waals surface area (Å²) in [6.07, 6.45) is 0. The van der Waals surface area contributed by atoms with Crippen LogP contribution in [0, 0.1) is 5.82 Å². The van der Waals surface area contributed by atoms with Gasteiger partial charge in [-0.15, -0.1) is 0 Å². The fraction of sp³-hybridized carbons (Fsp3) is 0.111. The van der Waals surface area contributed by atoms with Crippen LogP contribution >= 0.6 is 0 Å². The van der Waals surface area contributed by atoms with Gasteiger partial charge in [0.1, 0.15) is 5.82 Å². The summed E-state index contributed by atoms with van der Waals surface area (Å²) < 4.78 is 18.5. The van der Waals surface area contributed by atoms with Gasteiger partial charge in [-0.25, -0.2) is 4.39 Å². The van der Waals surface area contributed by atoms with Crippen LogP contribution in [0.5, 0.6) is 0 Å². The van der Waals surface area contributed by atoms with E-state index in [1.54, 1.807) is 30.3 Å². The van der Waals surface area contributed by atoms with E-state index in [1.165, 1.54) is 18.2 Å². The Morgan fingerprint density at radius 1 is 0.923 bits per heavy atom. The summed E-state index contributed by atoms with van der Waals surface area (Å²) in [5.74, 6) is -1.64. The van der Waals surface area contributed by atoms with Crippen LogP contribution in [-0.2, 0) is 0 Å². The zero-order valence-corrected chi connectivity index (χ0v) is 13.6. The van der Waals surface area contributed by atoms with Gasteiger partial charge in [0.2, 0.25) is 5.82 Å². The summed E-state index contributed by atoms with van der Waals surface area (Å²) in [4.78, 5) is 27.7. The average molecular weight is 354 g/mol. The lowest BCUT2D eigenvalue weighted by Crippen LogP contribution is -2.34. The minimum absolute atomic E-state index is 0.00868. The Hall–Kier alpha value is -3.55. The second-order valence-corrected chi connectivity index (χ2v) is 5.28. The molecule has 0 bridgehead atoms. The molecule has 0 saturated carbocycles. The fourth-order valence-corrected chi connectivity index (χ4v) is 2.19. The third kappa shape index (κ3) is 4.10. The molecule has 0 radical (unpaired) electrons. The highest BCUT2D eigenvalue weighted by Crippen LogP contribution is 2.18. The number of halogens is 1. The maximum Gasteiger partial charge on any atom is 0.316 e. The van der Waals surface area contributed by atoms with E-state index in [0.717, 1.165) is 0 Å². The highest BCUT2D eigenvalue weighted by Gasteiger charge is 2.17. The van der Waals surface area contributed by atoms with Crippen LogP contribution in [0.4, 0.5) is 4.39 Å². The first-order chi connectivity index (χ1) is 12.6. The lowest BCUT2D eigenvalue weighted by molar-refractivity contribution is 0.0898. The summed E-state index contributed by atoms with van der Waals surface area (Å²) in [6.45, 7) is 0.405. The average Bonchev–Trinajstić information content (AvgIpc) is 3.16. The Bertz CT molecular complexity index is 912. The lowest BCUT2D eigenvalue weighted by atomic mass is 10.2. The van der Waals surface area contributed by atoms with Gasteiger partial charge in [0.15, 0.2) is 0 Å². The van der Waals surface area contributed by atoms with Crippen LogP contribution in [0.1, 0.15) is 21.0 Å². The predicted molar refractivity (Wildman–Crippen MR) is 90.8 cm³/mol. The highest BCUT2D eigenvalue weighted by atomic mass is 19.1. The Morgan fingerprint density at radius 2 is 1.58 bits per heavy atom. The molecule has 7 nitrogen and oxygen atoms in total. The Morgan fingerprint density at radius 3 is 2.31 bits per heavy atom. The van der Waals surface area contributed by atoms with Crippen LogP contribution in [0.3, 0.4) is 0 Å². The van der Waals surface area contributed by atoms with E-state index in [1.807, 2.05) is 6.07 Å². The molecule has 3 rings (SSSR count). The van der Waals surface area contributed by atoms with E-state index in [-0.39, 0.29) is 36.3 Å². The van der Waals surface area contributed by atoms with Crippen molar-refractivity contribution in [1.29, 1.82) is 0 Å². The first-order valence-electron chi connectivity index (χ1n) is 7.85. The van der Waals surface area contributed by atoms with Gasteiger partial charge in [-0.1, -0.05) is 35.5 Å². The van der Waals surface area contributed by atoms with Crippen molar-refractivity contribution in [3.63, 3.8) is 0 Å². The van der Waals surface area contributed by atoms with E-state index < -0.39 is 11.7 Å². The first kappa shape index (κ1) is 17.3. The van der Waals surface area contributed by atoms with Gasteiger partial charge in [0, 0.05) is 18.7 Å². The summed E-state index contributed by atoms with van der Waals surface area (Å²) in [7, 11) is 0. The molecule has 0 saturated heterocycles. The van der Waals surface area contributed by atoms with E-state index in [9.17, 15) is 14.0 Å². The van der Waals surface area contributed by atoms with Gasteiger partial charge in [-0.2, -0.15) is 4.98 Å². The van der Waals surface area contributed by atoms with Crippen LogP contribution in [0.25, 0.3) is 11.4 Å². The second kappa shape index (κ2) is 8.02. The topological polar surface area (TPSA) is 97.1 Å². The second-order valence-electron chi connectivity index (χ2n) is 5.28. The molecular weight excluding hydrogens is 339 g/mol. The molecule has 8 heteroatoms. The largest absolute Gasteiger partial charge is 0.350 e. The molecule has 0 unspecified atom stereocenters. The molecule has 0 atom stereocenters. The van der Waals surface area contributed by atoms with Crippen molar-refractivity contribution in [3.8, 4) is 11.4 Å². The van der Waals surface area contributed by atoms with E-state index in [4.69, 9.17) is 4.52 Å². The van der Waals surface area contributed by atoms with Gasteiger partial charge >= 0.3 is 11.8 Å². The number of amides is 2. The van der Waals surface area contributed by atoms with Crippen molar-refractivity contribution >= 4 is 11.8 Å². The van der Waals surface area contributed by atoms with E-state index in [0.29, 0.717) is 5.56 Å². The SMILES string of the molecule is O=C(NCCNC(=O)c1nc(-c2ccccc2F)no1)c1ccccc1. The predicted octanol–water partition coefficient (Wildman–Crippen LogP) is 2.04. The third-order valence-corrected chi connectivity index (χ3v) is 3.47. The van der Waals surface area contributed by atoms with E-state index in [2.05, 4.69) is 20.8 Å². The molecule has 3 aromatic rings. The number of nitrogens with zero attached hydrogens (tertiary/aromatic N) is 2. The number of carbonyl (C=O) groups is 2. The molecule has 1 heterocycles. The normalized spacial score (nSPS) is 10.3. The summed E-state index contributed by atoms with van der Waals surface area (Å²) >= 11 is 0. The first-order valence-corrected chi connectivity index (χ1v) is 7.85. The molecular formula is C18H15FN4O3. The van der Waals surface area contributed by atoms with Crippen molar-refractivity contribution in [3.05, 3.63) is 71.9 Å². The van der Waals surface area contributed by atoms with E-state index >= 15 is 0 Å². The van der Waals surface area contributed by atoms with Crippen molar-refractivity contribution in [2.24, 2.45) is 0 Å². The minimum Gasteiger partial charge on any atom is -0.350 e. The Kier molecular flexibility index (Phi) is 5.33. The van der Waals surface area contributed by atoms with Crippen LogP contribution in [-0.4, -0.2) is 35.0 Å². The van der Waals surface area contributed by atoms with Gasteiger partial charge in [-0.05, 0) is 24.3 Å². The smallest absolute Gasteiger partial charge is 0.316 e. The zero-order valence-electron chi connectivity index (χ0n) is 13.6. The van der Waals surface area contributed by atoms with Crippen molar-refractivity contribution < 1.29 is 18.5 Å². The molecule has 2 aromatic carbocycles. The Balaban J connectivity index is 1.50. The van der Waals surface area contributed by atoms with Gasteiger partial charge in [-0.3, -0.25) is 9.59 Å². The molecule has 1 aromatic heterocycles. The molecule has 2 amide bonds. The van der Waals surface area contributed by atoms with Crippen LogP contribution in [0.2, 0.25) is 0 Å². The van der Waals surface area contributed by atoms with Crippen molar-refractivity contribution in [1.82, 2.24) is 20.8 Å². The highest BCUT2D eigenvalue weighted by molar-refractivity contribution is 5.94. The maximum atomic E-state index is 13.7. The molecule has 0 spiro atoms. The van der Waals surface area contributed by atoms with Gasteiger partial charge in [0.05, 0.1) is 5.56 Å². The standard InChI is InChI=1S/C18H15FN4O3/c19-14-9-5-4-8-13(14)15-22-18(26-23-15)17(25)21-11-10-20-16(24)12-6-2-1-3-7-12/h1-9H,10-11H2,(H,20,24)(H,21,25).